The summed E-state index contributed by atoms with van der Waals surface area (Å²) in [5, 5.41) is 11.5. The van der Waals surface area contributed by atoms with Crippen LogP contribution in [0.15, 0.2) is 60.8 Å². The summed E-state index contributed by atoms with van der Waals surface area (Å²) < 4.78 is 18.2. The normalized spacial score (nSPS) is 15.7. The van der Waals surface area contributed by atoms with Crippen molar-refractivity contribution in [1.82, 2.24) is 29.7 Å². The van der Waals surface area contributed by atoms with Crippen molar-refractivity contribution < 1.29 is 23.8 Å². The Labute approximate surface area is 265 Å². The van der Waals surface area contributed by atoms with Crippen LogP contribution in [-0.4, -0.2) is 114 Å². The summed E-state index contributed by atoms with van der Waals surface area (Å²) in [5.74, 6) is 0. The van der Waals surface area contributed by atoms with Crippen LogP contribution < -0.4 is 5.32 Å². The molecular formula is C33H45N7O5. The number of benzene rings is 2. The van der Waals surface area contributed by atoms with E-state index in [1.54, 1.807) is 4.68 Å². The molecule has 0 aliphatic carbocycles. The average Bonchev–Trinajstić information content (AvgIpc) is 3.69. The maximum atomic E-state index is 13.1. The summed E-state index contributed by atoms with van der Waals surface area (Å²) in [6, 6.07) is 17.8. The van der Waals surface area contributed by atoms with E-state index in [0.29, 0.717) is 59.2 Å². The van der Waals surface area contributed by atoms with E-state index in [9.17, 15) is 9.59 Å². The third-order valence-corrected chi connectivity index (χ3v) is 8.06. The number of anilines is 1. The standard InChI is InChI=1S/C33H45N7O5/c1-2-19-43-21-23-45-24-22-44-20-18-39-26-31(35-36-39)28-8-10-29(11-9-28)34-32(41)37-14-12-30(13-15-37)40-17-16-38(33(40)42)25-27-6-4-3-5-7-27/h3-11,26,30H,2,12-25H2,1H3,(H,34,41). The molecule has 3 aromatic rings. The van der Waals surface area contributed by atoms with Crippen molar-refractivity contribution in [2.75, 3.05) is 71.1 Å². The number of likely N-dealkylation sites (tertiary alicyclic amines) is 1. The highest BCUT2D eigenvalue weighted by Gasteiger charge is 2.36. The molecule has 2 saturated heterocycles. The minimum Gasteiger partial charge on any atom is -0.379 e. The first kappa shape index (κ1) is 32.4. The lowest BCUT2D eigenvalue weighted by molar-refractivity contribution is 0.0128. The van der Waals surface area contributed by atoms with Crippen LogP contribution in [0.2, 0.25) is 0 Å². The fourth-order valence-electron chi connectivity index (χ4n) is 5.58. The summed E-state index contributed by atoms with van der Waals surface area (Å²) in [5.41, 5.74) is 3.53. The van der Waals surface area contributed by atoms with Crippen LogP contribution in [-0.2, 0) is 27.3 Å². The molecular weight excluding hydrogens is 574 g/mol. The summed E-state index contributed by atoms with van der Waals surface area (Å²) in [6.07, 6.45) is 4.45. The first-order valence-electron chi connectivity index (χ1n) is 16.0. The number of carbonyl (C=O) groups excluding carboxylic acids is 2. The molecule has 0 bridgehead atoms. The smallest absolute Gasteiger partial charge is 0.321 e. The maximum Gasteiger partial charge on any atom is 0.321 e. The summed E-state index contributed by atoms with van der Waals surface area (Å²) in [4.78, 5) is 31.8. The molecule has 2 fully saturated rings. The van der Waals surface area contributed by atoms with E-state index in [0.717, 1.165) is 61.5 Å². The van der Waals surface area contributed by atoms with E-state index in [1.165, 1.54) is 0 Å². The van der Waals surface area contributed by atoms with Gasteiger partial charge in [-0.15, -0.1) is 5.10 Å². The summed E-state index contributed by atoms with van der Waals surface area (Å²) in [6.45, 7) is 9.54. The monoisotopic (exact) mass is 619 g/mol. The zero-order valence-electron chi connectivity index (χ0n) is 26.2. The largest absolute Gasteiger partial charge is 0.379 e. The highest BCUT2D eigenvalue weighted by Crippen LogP contribution is 2.24. The van der Waals surface area contributed by atoms with Crippen molar-refractivity contribution in [1.29, 1.82) is 0 Å². The van der Waals surface area contributed by atoms with Gasteiger partial charge in [-0.05, 0) is 37.0 Å². The van der Waals surface area contributed by atoms with Crippen molar-refractivity contribution in [3.05, 3.63) is 66.4 Å². The number of nitrogens with one attached hydrogen (secondary N) is 1. The first-order chi connectivity index (χ1) is 22.1. The van der Waals surface area contributed by atoms with E-state index in [4.69, 9.17) is 14.2 Å². The minimum absolute atomic E-state index is 0.0976. The predicted octanol–water partition coefficient (Wildman–Crippen LogP) is 4.34. The number of nitrogens with zero attached hydrogens (tertiary/aromatic N) is 6. The Bertz CT molecular complexity index is 1330. The van der Waals surface area contributed by atoms with Crippen molar-refractivity contribution >= 4 is 17.7 Å². The van der Waals surface area contributed by atoms with Crippen LogP contribution in [0.5, 0.6) is 0 Å². The quantitative estimate of drug-likeness (QED) is 0.237. The molecule has 5 rings (SSSR count). The van der Waals surface area contributed by atoms with Gasteiger partial charge in [-0.3, -0.25) is 0 Å². The van der Waals surface area contributed by atoms with Crippen LogP contribution in [0.4, 0.5) is 15.3 Å². The number of aromatic nitrogens is 3. The second-order valence-electron chi connectivity index (χ2n) is 11.3. The lowest BCUT2D eigenvalue weighted by atomic mass is 10.0. The molecule has 0 saturated carbocycles. The minimum atomic E-state index is -0.124. The molecule has 4 amide bonds. The van der Waals surface area contributed by atoms with Gasteiger partial charge in [0.25, 0.3) is 0 Å². The van der Waals surface area contributed by atoms with E-state index >= 15 is 0 Å². The Kier molecular flexibility index (Phi) is 12.2. The van der Waals surface area contributed by atoms with Crippen LogP contribution in [0.1, 0.15) is 31.7 Å². The van der Waals surface area contributed by atoms with Crippen molar-refractivity contribution in [2.24, 2.45) is 0 Å². The van der Waals surface area contributed by atoms with Crippen molar-refractivity contribution in [3.8, 4) is 11.3 Å². The van der Waals surface area contributed by atoms with Gasteiger partial charge in [-0.2, -0.15) is 0 Å². The van der Waals surface area contributed by atoms with Gasteiger partial charge < -0.3 is 34.2 Å². The van der Waals surface area contributed by atoms with Crippen LogP contribution >= 0.6 is 0 Å². The number of ether oxygens (including phenoxy) is 3. The van der Waals surface area contributed by atoms with Gasteiger partial charge in [0, 0.05) is 56.6 Å². The van der Waals surface area contributed by atoms with Gasteiger partial charge in [0.1, 0.15) is 5.69 Å². The molecule has 0 unspecified atom stereocenters. The molecule has 45 heavy (non-hydrogen) atoms. The van der Waals surface area contributed by atoms with Gasteiger partial charge in [0.15, 0.2) is 0 Å². The van der Waals surface area contributed by atoms with Crippen LogP contribution in [0.25, 0.3) is 11.3 Å². The zero-order chi connectivity index (χ0) is 31.3. The highest BCUT2D eigenvalue weighted by molar-refractivity contribution is 5.89. The van der Waals surface area contributed by atoms with E-state index in [2.05, 4.69) is 34.7 Å². The highest BCUT2D eigenvalue weighted by atomic mass is 16.5. The lowest BCUT2D eigenvalue weighted by Crippen LogP contribution is -2.49. The van der Waals surface area contributed by atoms with Gasteiger partial charge in [0.05, 0.1) is 45.8 Å². The van der Waals surface area contributed by atoms with E-state index in [-0.39, 0.29) is 18.1 Å². The molecule has 12 heteroatoms. The number of carbonyl (C=O) groups is 2. The molecule has 0 atom stereocenters. The Hall–Kier alpha value is -4.00. The number of urea groups is 2. The molecule has 242 valence electrons. The first-order valence-corrected chi connectivity index (χ1v) is 16.0. The van der Waals surface area contributed by atoms with Crippen molar-refractivity contribution in [3.63, 3.8) is 0 Å². The van der Waals surface area contributed by atoms with E-state index < -0.39 is 0 Å². The fraction of sp³-hybridized carbons (Fsp3) is 0.515. The van der Waals surface area contributed by atoms with Crippen LogP contribution in [0, 0.1) is 0 Å². The topological polar surface area (TPSA) is 114 Å². The third-order valence-electron chi connectivity index (χ3n) is 8.06. The number of rotatable bonds is 16. The van der Waals surface area contributed by atoms with E-state index in [1.807, 2.05) is 63.4 Å². The van der Waals surface area contributed by atoms with Crippen molar-refractivity contribution in [2.45, 2.75) is 45.3 Å². The fourth-order valence-corrected chi connectivity index (χ4v) is 5.58. The SMILES string of the molecule is CCCOCCOCCOCCn1cc(-c2ccc(NC(=O)N3CCC(N4CCN(Cc5ccccc5)C4=O)CC3)cc2)nn1. The number of hydrogen-bond donors (Lipinski definition) is 1. The van der Waals surface area contributed by atoms with Crippen LogP contribution in [0.3, 0.4) is 0 Å². The molecule has 1 aromatic heterocycles. The molecule has 12 nitrogen and oxygen atoms in total. The Morgan fingerprint density at radius 2 is 1.56 bits per heavy atom. The summed E-state index contributed by atoms with van der Waals surface area (Å²) >= 11 is 0. The molecule has 0 radical (unpaired) electrons. The number of amides is 4. The number of piperidine rings is 1. The predicted molar refractivity (Wildman–Crippen MR) is 171 cm³/mol. The average molecular weight is 620 g/mol. The molecule has 1 N–H and O–H groups in total. The Morgan fingerprint density at radius 1 is 0.867 bits per heavy atom. The molecule has 0 spiro atoms. The molecule has 2 aliphatic heterocycles. The van der Waals surface area contributed by atoms with Gasteiger partial charge in [0.2, 0.25) is 0 Å². The van der Waals surface area contributed by atoms with Gasteiger partial charge in [-0.25, -0.2) is 14.3 Å². The summed E-state index contributed by atoms with van der Waals surface area (Å²) in [7, 11) is 0. The Morgan fingerprint density at radius 3 is 2.27 bits per heavy atom. The second kappa shape index (κ2) is 16.9. The lowest BCUT2D eigenvalue weighted by Gasteiger charge is -2.36. The van der Waals surface area contributed by atoms with Gasteiger partial charge in [-0.1, -0.05) is 54.6 Å². The maximum absolute atomic E-state index is 13.1. The Balaban J connectivity index is 0.988. The second-order valence-corrected chi connectivity index (χ2v) is 11.3. The number of hydrogen-bond acceptors (Lipinski definition) is 7. The van der Waals surface area contributed by atoms with Gasteiger partial charge >= 0.3 is 12.1 Å². The molecule has 3 heterocycles. The zero-order valence-corrected chi connectivity index (χ0v) is 26.2. The molecule has 2 aliphatic rings. The molecule has 2 aromatic carbocycles. The third kappa shape index (κ3) is 9.49.